The molecule has 1 heterocycles. The van der Waals surface area contributed by atoms with Crippen molar-refractivity contribution >= 4 is 40.2 Å². The Labute approximate surface area is 147 Å². The van der Waals surface area contributed by atoms with Crippen molar-refractivity contribution in [2.75, 3.05) is 11.9 Å². The molecule has 0 fully saturated rings. The third-order valence-electron chi connectivity index (χ3n) is 3.10. The second-order valence-electron chi connectivity index (χ2n) is 5.27. The first-order valence-corrected chi connectivity index (χ1v) is 8.15. The Balaban J connectivity index is 1.98. The van der Waals surface area contributed by atoms with Gasteiger partial charge in [-0.3, -0.25) is 4.79 Å². The van der Waals surface area contributed by atoms with Crippen molar-refractivity contribution in [3.8, 4) is 0 Å². The Hall–Kier alpha value is -1.90. The Kier molecular flexibility index (Phi) is 5.75. The molecule has 0 saturated carbocycles. The number of nitrogens with one attached hydrogen (secondary N) is 1. The number of hydrogen-bond donors (Lipinski definition) is 1. The SMILES string of the molecule is Cc1noc(C(C)C)c1C(=O)OCC(=O)Nc1ccccc1I. The largest absolute Gasteiger partial charge is 0.452 e. The second kappa shape index (κ2) is 7.58. The van der Waals surface area contributed by atoms with E-state index in [1.165, 1.54) is 0 Å². The van der Waals surface area contributed by atoms with Crippen LogP contribution in [0.15, 0.2) is 28.8 Å². The first kappa shape index (κ1) is 17.5. The van der Waals surface area contributed by atoms with Crippen molar-refractivity contribution in [2.24, 2.45) is 0 Å². The van der Waals surface area contributed by atoms with E-state index in [2.05, 4.69) is 33.1 Å². The molecule has 1 aromatic heterocycles. The van der Waals surface area contributed by atoms with Crippen molar-refractivity contribution in [3.63, 3.8) is 0 Å². The lowest BCUT2D eigenvalue weighted by Crippen LogP contribution is -2.22. The van der Waals surface area contributed by atoms with Crippen molar-refractivity contribution in [1.82, 2.24) is 5.16 Å². The molecule has 0 unspecified atom stereocenters. The van der Waals surface area contributed by atoms with Crippen LogP contribution in [0.2, 0.25) is 0 Å². The summed E-state index contributed by atoms with van der Waals surface area (Å²) < 4.78 is 11.1. The van der Waals surface area contributed by atoms with E-state index in [1.54, 1.807) is 13.0 Å². The number of aromatic nitrogens is 1. The number of halogens is 1. The highest BCUT2D eigenvalue weighted by molar-refractivity contribution is 14.1. The van der Waals surface area contributed by atoms with Gasteiger partial charge in [0.05, 0.1) is 11.4 Å². The van der Waals surface area contributed by atoms with Gasteiger partial charge in [0.1, 0.15) is 5.56 Å². The molecule has 1 N–H and O–H groups in total. The fraction of sp³-hybridized carbons (Fsp3) is 0.312. The molecule has 0 aliphatic carbocycles. The number of carbonyl (C=O) groups is 2. The molecule has 0 saturated heterocycles. The van der Waals surface area contributed by atoms with Gasteiger partial charge in [-0.15, -0.1) is 0 Å². The Morgan fingerprint density at radius 2 is 2.04 bits per heavy atom. The first-order valence-electron chi connectivity index (χ1n) is 7.07. The highest BCUT2D eigenvalue weighted by Gasteiger charge is 2.24. The highest BCUT2D eigenvalue weighted by Crippen LogP contribution is 2.23. The van der Waals surface area contributed by atoms with E-state index in [1.807, 2.05) is 32.0 Å². The van der Waals surface area contributed by atoms with Crippen molar-refractivity contribution in [1.29, 1.82) is 0 Å². The Bertz CT molecular complexity index is 725. The number of aryl methyl sites for hydroxylation is 1. The summed E-state index contributed by atoms with van der Waals surface area (Å²) in [7, 11) is 0. The van der Waals surface area contributed by atoms with Gasteiger partial charge in [0.2, 0.25) is 0 Å². The van der Waals surface area contributed by atoms with Crippen LogP contribution in [0.25, 0.3) is 0 Å². The number of para-hydroxylation sites is 1. The molecular formula is C16H17IN2O4. The van der Waals surface area contributed by atoms with Gasteiger partial charge in [-0.1, -0.05) is 31.1 Å². The lowest BCUT2D eigenvalue weighted by Gasteiger charge is -2.08. The molecule has 2 aromatic rings. The number of nitrogens with zero attached hydrogens (tertiary/aromatic N) is 1. The summed E-state index contributed by atoms with van der Waals surface area (Å²) in [6.45, 7) is 5.08. The number of hydrogen-bond acceptors (Lipinski definition) is 5. The average Bonchev–Trinajstić information content (AvgIpc) is 2.89. The van der Waals surface area contributed by atoms with Crippen LogP contribution < -0.4 is 5.32 Å². The minimum absolute atomic E-state index is 0.00141. The predicted molar refractivity (Wildman–Crippen MR) is 93.4 cm³/mol. The first-order chi connectivity index (χ1) is 10.9. The standard InChI is InChI=1S/C16H17IN2O4/c1-9(2)15-14(10(3)19-23-15)16(21)22-8-13(20)18-12-7-5-4-6-11(12)17/h4-7,9H,8H2,1-3H3,(H,18,20). The molecule has 0 bridgehead atoms. The monoisotopic (exact) mass is 428 g/mol. The predicted octanol–water partition coefficient (Wildman–Crippen LogP) is 3.51. The molecule has 0 spiro atoms. The van der Waals surface area contributed by atoms with Crippen LogP contribution in [0.1, 0.15) is 41.6 Å². The average molecular weight is 428 g/mol. The van der Waals surface area contributed by atoms with Gasteiger partial charge >= 0.3 is 5.97 Å². The van der Waals surface area contributed by atoms with Crippen LogP contribution in [-0.4, -0.2) is 23.6 Å². The topological polar surface area (TPSA) is 81.4 Å². The summed E-state index contributed by atoms with van der Waals surface area (Å²) in [5, 5.41) is 6.49. The van der Waals surface area contributed by atoms with Gasteiger partial charge < -0.3 is 14.6 Å². The van der Waals surface area contributed by atoms with Crippen molar-refractivity contribution < 1.29 is 18.8 Å². The number of anilines is 1. The van der Waals surface area contributed by atoms with Crippen LogP contribution >= 0.6 is 22.6 Å². The number of benzene rings is 1. The molecular weight excluding hydrogens is 411 g/mol. The van der Waals surface area contributed by atoms with E-state index >= 15 is 0 Å². The normalized spacial score (nSPS) is 10.7. The van der Waals surface area contributed by atoms with Crippen LogP contribution in [0.4, 0.5) is 5.69 Å². The summed E-state index contributed by atoms with van der Waals surface area (Å²) >= 11 is 2.12. The van der Waals surface area contributed by atoms with Gasteiger partial charge in [0.25, 0.3) is 5.91 Å². The van der Waals surface area contributed by atoms with E-state index in [-0.39, 0.29) is 12.5 Å². The highest BCUT2D eigenvalue weighted by atomic mass is 127. The molecule has 1 aromatic carbocycles. The molecule has 0 radical (unpaired) electrons. The van der Waals surface area contributed by atoms with E-state index in [0.717, 1.165) is 3.57 Å². The summed E-state index contributed by atoms with van der Waals surface area (Å²) in [4.78, 5) is 24.1. The van der Waals surface area contributed by atoms with Crippen molar-refractivity contribution in [3.05, 3.63) is 44.9 Å². The van der Waals surface area contributed by atoms with Crippen LogP contribution in [0.3, 0.4) is 0 Å². The third kappa shape index (κ3) is 4.31. The zero-order chi connectivity index (χ0) is 17.0. The van der Waals surface area contributed by atoms with E-state index in [4.69, 9.17) is 9.26 Å². The van der Waals surface area contributed by atoms with Crippen molar-refractivity contribution in [2.45, 2.75) is 26.7 Å². The summed E-state index contributed by atoms with van der Waals surface area (Å²) in [5.41, 5.74) is 1.43. The lowest BCUT2D eigenvalue weighted by atomic mass is 10.1. The lowest BCUT2D eigenvalue weighted by molar-refractivity contribution is -0.119. The molecule has 0 aliphatic rings. The quantitative estimate of drug-likeness (QED) is 0.583. The molecule has 1 amide bonds. The molecule has 0 aliphatic heterocycles. The zero-order valence-electron chi connectivity index (χ0n) is 13.1. The van der Waals surface area contributed by atoms with Gasteiger partial charge in [-0.25, -0.2) is 4.79 Å². The Morgan fingerprint density at radius 3 is 2.70 bits per heavy atom. The second-order valence-corrected chi connectivity index (χ2v) is 6.43. The number of ether oxygens (including phenoxy) is 1. The smallest absolute Gasteiger partial charge is 0.344 e. The maximum absolute atomic E-state index is 12.2. The maximum Gasteiger partial charge on any atom is 0.344 e. The van der Waals surface area contributed by atoms with E-state index < -0.39 is 11.9 Å². The maximum atomic E-state index is 12.2. The van der Waals surface area contributed by atoms with Crippen LogP contribution in [0.5, 0.6) is 0 Å². The third-order valence-corrected chi connectivity index (χ3v) is 4.04. The number of rotatable bonds is 5. The molecule has 122 valence electrons. The fourth-order valence-corrected chi connectivity index (χ4v) is 2.50. The number of esters is 1. The minimum Gasteiger partial charge on any atom is -0.452 e. The molecule has 2 rings (SSSR count). The Morgan fingerprint density at radius 1 is 1.35 bits per heavy atom. The van der Waals surface area contributed by atoms with Gasteiger partial charge in [-0.2, -0.15) is 0 Å². The summed E-state index contributed by atoms with van der Waals surface area (Å²) in [6.07, 6.45) is 0. The summed E-state index contributed by atoms with van der Waals surface area (Å²) in [6, 6.07) is 7.35. The van der Waals surface area contributed by atoms with Gasteiger partial charge in [-0.05, 0) is 41.6 Å². The van der Waals surface area contributed by atoms with Gasteiger partial charge in [0, 0.05) is 9.49 Å². The van der Waals surface area contributed by atoms with E-state index in [9.17, 15) is 9.59 Å². The molecule has 6 nitrogen and oxygen atoms in total. The molecule has 0 atom stereocenters. The van der Waals surface area contributed by atoms with Crippen LogP contribution in [-0.2, 0) is 9.53 Å². The fourth-order valence-electron chi connectivity index (χ4n) is 1.98. The van der Waals surface area contributed by atoms with E-state index in [0.29, 0.717) is 22.7 Å². The minimum atomic E-state index is -0.606. The number of carbonyl (C=O) groups excluding carboxylic acids is 2. The van der Waals surface area contributed by atoms with Gasteiger partial charge in [0.15, 0.2) is 12.4 Å². The zero-order valence-corrected chi connectivity index (χ0v) is 15.2. The number of amides is 1. The van der Waals surface area contributed by atoms with Crippen LogP contribution in [0, 0.1) is 10.5 Å². The molecule has 23 heavy (non-hydrogen) atoms. The summed E-state index contributed by atoms with van der Waals surface area (Å²) in [5.74, 6) is -0.544. The molecule has 7 heteroatoms.